The summed E-state index contributed by atoms with van der Waals surface area (Å²) in [5, 5.41) is 0. The summed E-state index contributed by atoms with van der Waals surface area (Å²) in [5.41, 5.74) is 3.85. The van der Waals surface area contributed by atoms with E-state index in [0.29, 0.717) is 11.0 Å². The molecule has 0 aliphatic rings. The van der Waals surface area contributed by atoms with Gasteiger partial charge in [-0.1, -0.05) is 0 Å². The van der Waals surface area contributed by atoms with E-state index in [1.54, 1.807) is 18.3 Å². The van der Waals surface area contributed by atoms with Gasteiger partial charge in [0.2, 0.25) is 0 Å². The van der Waals surface area contributed by atoms with E-state index in [0.717, 1.165) is 11.4 Å². The number of nitrogen functional groups attached to an aromatic ring is 1. The normalized spacial score (nSPS) is 10.2. The van der Waals surface area contributed by atoms with E-state index < -0.39 is 0 Å². The topological polar surface area (TPSA) is 85.8 Å². The Balaban J connectivity index is 2.31. The number of nitrogens with two attached hydrogens (primary N) is 1. The molecule has 6 nitrogen and oxygen atoms in total. The first kappa shape index (κ1) is 11.7. The molecule has 2 aromatic rings. The van der Waals surface area contributed by atoms with Crippen molar-refractivity contribution in [1.82, 2.24) is 14.5 Å². The average Bonchev–Trinajstić information content (AvgIpc) is 2.35. The molecule has 17 heavy (non-hydrogen) atoms. The van der Waals surface area contributed by atoms with Crippen molar-refractivity contribution in [2.45, 2.75) is 6.54 Å². The number of hydrogen-bond donors (Lipinski definition) is 2. The fraction of sp³-hybridized carbons (Fsp3) is 0.100. The van der Waals surface area contributed by atoms with Gasteiger partial charge in [0.15, 0.2) is 0 Å². The van der Waals surface area contributed by atoms with Gasteiger partial charge >= 0.3 is 0 Å². The smallest absolute Gasteiger partial charge is 0.267 e. The number of nitrogens with zero attached hydrogens (tertiary/aromatic N) is 3. The first-order valence-electron chi connectivity index (χ1n) is 4.82. The first-order chi connectivity index (χ1) is 8.20. The van der Waals surface area contributed by atoms with Gasteiger partial charge in [0.25, 0.3) is 5.56 Å². The molecule has 88 valence electrons. The fourth-order valence-corrected chi connectivity index (χ4v) is 1.71. The quantitative estimate of drug-likeness (QED) is 0.644. The third-order valence-electron chi connectivity index (χ3n) is 2.17. The summed E-state index contributed by atoms with van der Waals surface area (Å²) in [6.07, 6.45) is 4.56. The highest BCUT2D eigenvalue weighted by Crippen LogP contribution is 2.07. The minimum absolute atomic E-state index is 0.145. The van der Waals surface area contributed by atoms with E-state index in [1.165, 1.54) is 17.1 Å². The van der Waals surface area contributed by atoms with Crippen molar-refractivity contribution in [3.8, 4) is 0 Å². The highest BCUT2D eigenvalue weighted by Gasteiger charge is 2.03. The maximum absolute atomic E-state index is 11.7. The molecule has 0 aliphatic carbocycles. The zero-order valence-corrected chi connectivity index (χ0v) is 10.4. The van der Waals surface area contributed by atoms with Crippen LogP contribution in [0.2, 0.25) is 0 Å². The van der Waals surface area contributed by atoms with Crippen LogP contribution >= 0.6 is 15.9 Å². The van der Waals surface area contributed by atoms with Crippen LogP contribution in [0.4, 0.5) is 5.69 Å². The van der Waals surface area contributed by atoms with Crippen LogP contribution < -0.4 is 16.8 Å². The molecule has 2 heterocycles. The second kappa shape index (κ2) is 5.07. The monoisotopic (exact) mass is 295 g/mol. The van der Waals surface area contributed by atoms with Crippen LogP contribution in [0.3, 0.4) is 0 Å². The Labute approximate surface area is 106 Å². The second-order valence-electron chi connectivity index (χ2n) is 3.35. The molecule has 0 saturated carbocycles. The molecule has 7 heteroatoms. The number of pyridine rings is 1. The standard InChI is InChI=1S/C10H10BrN5O/c11-9-4-13-6-16(10(9)17)5-8-3-7(15-12)1-2-14-8/h1-4,6H,5,12H2,(H,14,15). The van der Waals surface area contributed by atoms with Gasteiger partial charge in [-0.05, 0) is 28.1 Å². The van der Waals surface area contributed by atoms with E-state index in [2.05, 4.69) is 31.3 Å². The Morgan fingerprint density at radius 2 is 2.35 bits per heavy atom. The van der Waals surface area contributed by atoms with Crippen LogP contribution in [0.25, 0.3) is 0 Å². The maximum atomic E-state index is 11.7. The van der Waals surface area contributed by atoms with Crippen molar-refractivity contribution in [1.29, 1.82) is 0 Å². The third kappa shape index (κ3) is 2.69. The van der Waals surface area contributed by atoms with E-state index >= 15 is 0 Å². The summed E-state index contributed by atoms with van der Waals surface area (Å²) in [4.78, 5) is 19.8. The molecule has 0 aliphatic heterocycles. The van der Waals surface area contributed by atoms with Gasteiger partial charge in [-0.3, -0.25) is 20.2 Å². The molecule has 0 saturated heterocycles. The first-order valence-corrected chi connectivity index (χ1v) is 5.61. The number of hydrogen-bond acceptors (Lipinski definition) is 5. The highest BCUT2D eigenvalue weighted by molar-refractivity contribution is 9.10. The number of nitrogens with one attached hydrogen (secondary N) is 1. The number of anilines is 1. The van der Waals surface area contributed by atoms with Gasteiger partial charge in [0.05, 0.1) is 24.3 Å². The lowest BCUT2D eigenvalue weighted by molar-refractivity contribution is 0.714. The SMILES string of the molecule is NNc1ccnc(Cn2cncc(Br)c2=O)c1. The summed E-state index contributed by atoms with van der Waals surface area (Å²) in [6, 6.07) is 3.51. The molecule has 0 atom stereocenters. The summed E-state index contributed by atoms with van der Waals surface area (Å²) >= 11 is 3.14. The Morgan fingerprint density at radius 1 is 1.53 bits per heavy atom. The molecule has 0 radical (unpaired) electrons. The molecule has 0 unspecified atom stereocenters. The minimum Gasteiger partial charge on any atom is -0.324 e. The number of halogens is 1. The molecule has 0 amide bonds. The maximum Gasteiger partial charge on any atom is 0.267 e. The van der Waals surface area contributed by atoms with E-state index in [-0.39, 0.29) is 5.56 Å². The van der Waals surface area contributed by atoms with E-state index in [4.69, 9.17) is 5.84 Å². The van der Waals surface area contributed by atoms with Crippen LogP contribution in [0, 0.1) is 0 Å². The van der Waals surface area contributed by atoms with Crippen molar-refractivity contribution < 1.29 is 0 Å². The number of rotatable bonds is 3. The fourth-order valence-electron chi connectivity index (χ4n) is 1.37. The lowest BCUT2D eigenvalue weighted by atomic mass is 10.3. The Kier molecular flexibility index (Phi) is 3.50. The lowest BCUT2D eigenvalue weighted by Gasteiger charge is -2.06. The third-order valence-corrected chi connectivity index (χ3v) is 2.72. The van der Waals surface area contributed by atoms with Gasteiger partial charge in [0, 0.05) is 12.4 Å². The Hall–Kier alpha value is -1.73. The molecule has 0 spiro atoms. The van der Waals surface area contributed by atoms with Crippen LogP contribution in [-0.2, 0) is 6.54 Å². The van der Waals surface area contributed by atoms with Crippen LogP contribution in [0.1, 0.15) is 5.69 Å². The molecular weight excluding hydrogens is 286 g/mol. The minimum atomic E-state index is -0.145. The molecule has 0 bridgehead atoms. The second-order valence-corrected chi connectivity index (χ2v) is 4.21. The summed E-state index contributed by atoms with van der Waals surface area (Å²) < 4.78 is 1.89. The van der Waals surface area contributed by atoms with Gasteiger partial charge in [-0.15, -0.1) is 0 Å². The molecule has 2 rings (SSSR count). The molecule has 2 aromatic heterocycles. The number of hydrazine groups is 1. The van der Waals surface area contributed by atoms with Crippen molar-refractivity contribution in [3.63, 3.8) is 0 Å². The van der Waals surface area contributed by atoms with Gasteiger partial charge < -0.3 is 5.43 Å². The highest BCUT2D eigenvalue weighted by atomic mass is 79.9. The predicted octanol–water partition coefficient (Wildman–Crippen LogP) is 0.735. The molecular formula is C10H10BrN5O. The molecule has 0 fully saturated rings. The van der Waals surface area contributed by atoms with Crippen molar-refractivity contribution >= 4 is 21.6 Å². The number of aromatic nitrogens is 3. The van der Waals surface area contributed by atoms with Gasteiger partial charge in [0.1, 0.15) is 4.47 Å². The van der Waals surface area contributed by atoms with Gasteiger partial charge in [-0.25, -0.2) is 4.98 Å². The van der Waals surface area contributed by atoms with Crippen LogP contribution in [0.5, 0.6) is 0 Å². The average molecular weight is 296 g/mol. The zero-order valence-electron chi connectivity index (χ0n) is 8.80. The van der Waals surface area contributed by atoms with Crippen molar-refractivity contribution in [2.24, 2.45) is 5.84 Å². The van der Waals surface area contributed by atoms with Crippen LogP contribution in [0.15, 0.2) is 40.1 Å². The lowest BCUT2D eigenvalue weighted by Crippen LogP contribution is -2.21. The predicted molar refractivity (Wildman–Crippen MR) is 67.3 cm³/mol. The van der Waals surface area contributed by atoms with Crippen LogP contribution in [-0.4, -0.2) is 14.5 Å². The van der Waals surface area contributed by atoms with Crippen molar-refractivity contribution in [3.05, 3.63) is 51.4 Å². The molecule has 0 aromatic carbocycles. The summed E-state index contributed by atoms with van der Waals surface area (Å²) in [5.74, 6) is 5.30. The van der Waals surface area contributed by atoms with Crippen molar-refractivity contribution in [2.75, 3.05) is 5.43 Å². The largest absolute Gasteiger partial charge is 0.324 e. The Morgan fingerprint density at radius 3 is 3.12 bits per heavy atom. The van der Waals surface area contributed by atoms with E-state index in [9.17, 15) is 4.79 Å². The van der Waals surface area contributed by atoms with E-state index in [1.807, 2.05) is 0 Å². The Bertz CT molecular complexity index is 583. The zero-order chi connectivity index (χ0) is 12.3. The summed E-state index contributed by atoms with van der Waals surface area (Å²) in [6.45, 7) is 0.348. The summed E-state index contributed by atoms with van der Waals surface area (Å²) in [7, 11) is 0. The molecule has 3 N–H and O–H groups in total. The van der Waals surface area contributed by atoms with Gasteiger partial charge in [-0.2, -0.15) is 0 Å².